The van der Waals surface area contributed by atoms with E-state index in [1.165, 1.54) is 12.3 Å². The zero-order chi connectivity index (χ0) is 20.6. The predicted molar refractivity (Wildman–Crippen MR) is 109 cm³/mol. The predicted octanol–water partition coefficient (Wildman–Crippen LogP) is 1.01. The summed E-state index contributed by atoms with van der Waals surface area (Å²) in [6.45, 7) is 4.27. The highest BCUT2D eigenvalue weighted by Gasteiger charge is 2.20. The molecule has 0 spiro atoms. The van der Waals surface area contributed by atoms with Crippen LogP contribution in [0.3, 0.4) is 0 Å². The number of rotatable bonds is 3. The van der Waals surface area contributed by atoms with Crippen LogP contribution >= 0.6 is 0 Å². The van der Waals surface area contributed by atoms with Crippen LogP contribution in [0.1, 0.15) is 6.92 Å². The summed E-state index contributed by atoms with van der Waals surface area (Å²) in [5.74, 6) is 0.823. The van der Waals surface area contributed by atoms with Gasteiger partial charge in [0.1, 0.15) is 10.7 Å². The van der Waals surface area contributed by atoms with E-state index in [4.69, 9.17) is 10.1 Å². The molecule has 3 heterocycles. The molecule has 29 heavy (non-hydrogen) atoms. The van der Waals surface area contributed by atoms with Gasteiger partial charge in [-0.2, -0.15) is 0 Å². The Morgan fingerprint density at radius 1 is 1.00 bits per heavy atom. The molecule has 0 saturated carbocycles. The molecule has 1 saturated heterocycles. The van der Waals surface area contributed by atoms with Gasteiger partial charge < -0.3 is 9.80 Å². The van der Waals surface area contributed by atoms with Gasteiger partial charge in [-0.05, 0) is 23.8 Å². The number of anilines is 1. The van der Waals surface area contributed by atoms with E-state index in [1.807, 2.05) is 23.1 Å². The Morgan fingerprint density at radius 3 is 2.45 bits per heavy atom. The lowest BCUT2D eigenvalue weighted by molar-refractivity contribution is -0.129. The average molecular weight is 412 g/mol. The number of carbonyl (C=O) groups is 1. The maximum atomic E-state index is 11.6. The zero-order valence-electron chi connectivity index (χ0n) is 15.8. The standard InChI is InChI=1S/C19H20N6O3S/c1-13(26)24-4-6-25(7-5-24)19-12-22-17-3-2-14(9-18(17)23-19)15-8-16(11-21-10-15)29(20,27)28/h2-3,8-12H,4-7H2,1H3,(H2,20,27,28). The van der Waals surface area contributed by atoms with E-state index in [9.17, 15) is 13.2 Å². The van der Waals surface area contributed by atoms with Gasteiger partial charge in [-0.25, -0.2) is 18.5 Å². The van der Waals surface area contributed by atoms with Gasteiger partial charge in [0.15, 0.2) is 0 Å². The van der Waals surface area contributed by atoms with Crippen LogP contribution in [-0.4, -0.2) is 60.4 Å². The van der Waals surface area contributed by atoms with Crippen LogP contribution in [0.4, 0.5) is 5.82 Å². The topological polar surface area (TPSA) is 122 Å². The van der Waals surface area contributed by atoms with Crippen molar-refractivity contribution >= 4 is 32.8 Å². The number of carbonyl (C=O) groups excluding carboxylic acids is 1. The molecule has 1 aromatic carbocycles. The number of hydrogen-bond acceptors (Lipinski definition) is 7. The van der Waals surface area contributed by atoms with E-state index < -0.39 is 10.0 Å². The minimum Gasteiger partial charge on any atom is -0.352 e. The monoisotopic (exact) mass is 412 g/mol. The zero-order valence-corrected chi connectivity index (χ0v) is 16.6. The molecule has 10 heteroatoms. The Bertz CT molecular complexity index is 1190. The van der Waals surface area contributed by atoms with E-state index in [1.54, 1.807) is 19.3 Å². The van der Waals surface area contributed by atoms with E-state index >= 15 is 0 Å². The summed E-state index contributed by atoms with van der Waals surface area (Å²) in [5.41, 5.74) is 2.81. The van der Waals surface area contributed by atoms with Crippen molar-refractivity contribution in [3.8, 4) is 11.1 Å². The van der Waals surface area contributed by atoms with Crippen LogP contribution in [0.25, 0.3) is 22.2 Å². The molecular weight excluding hydrogens is 392 g/mol. The third-order valence-corrected chi connectivity index (χ3v) is 5.83. The Balaban J connectivity index is 1.65. The Morgan fingerprint density at radius 2 is 1.76 bits per heavy atom. The van der Waals surface area contributed by atoms with E-state index in [2.05, 4.69) is 14.9 Å². The lowest BCUT2D eigenvalue weighted by Crippen LogP contribution is -2.48. The minimum absolute atomic E-state index is 0.0433. The van der Waals surface area contributed by atoms with Crippen molar-refractivity contribution in [3.63, 3.8) is 0 Å². The number of aromatic nitrogens is 3. The molecule has 2 aromatic heterocycles. The second-order valence-electron chi connectivity index (χ2n) is 6.88. The molecule has 3 aromatic rings. The summed E-state index contributed by atoms with van der Waals surface area (Å²) in [6.07, 6.45) is 4.53. The first-order chi connectivity index (χ1) is 13.8. The second kappa shape index (κ2) is 7.37. The lowest BCUT2D eigenvalue weighted by atomic mass is 10.1. The number of benzene rings is 1. The largest absolute Gasteiger partial charge is 0.352 e. The number of nitrogens with two attached hydrogens (primary N) is 1. The Kier molecular flexibility index (Phi) is 4.89. The Hall–Kier alpha value is -3.11. The van der Waals surface area contributed by atoms with E-state index in [0.29, 0.717) is 37.3 Å². The first-order valence-electron chi connectivity index (χ1n) is 9.07. The van der Waals surface area contributed by atoms with Crippen LogP contribution in [0.2, 0.25) is 0 Å². The highest BCUT2D eigenvalue weighted by atomic mass is 32.2. The molecule has 0 unspecified atom stereocenters. The molecule has 1 amide bonds. The molecule has 1 fully saturated rings. The molecular formula is C19H20N6O3S. The normalized spacial score (nSPS) is 15.0. The van der Waals surface area contributed by atoms with Crippen molar-refractivity contribution in [2.75, 3.05) is 31.1 Å². The van der Waals surface area contributed by atoms with Crippen LogP contribution < -0.4 is 10.0 Å². The molecule has 0 radical (unpaired) electrons. The van der Waals surface area contributed by atoms with Gasteiger partial charge in [0, 0.05) is 51.1 Å². The minimum atomic E-state index is -3.83. The molecule has 4 rings (SSSR count). The summed E-state index contributed by atoms with van der Waals surface area (Å²) in [7, 11) is -3.83. The fourth-order valence-electron chi connectivity index (χ4n) is 3.32. The number of sulfonamides is 1. The SMILES string of the molecule is CC(=O)N1CCN(c2cnc3ccc(-c4cncc(S(N)(=O)=O)c4)cc3n2)CC1. The van der Waals surface area contributed by atoms with Crippen molar-refractivity contribution in [3.05, 3.63) is 42.9 Å². The third kappa shape index (κ3) is 4.03. The number of fused-ring (bicyclic) bond motifs is 1. The highest BCUT2D eigenvalue weighted by molar-refractivity contribution is 7.89. The van der Waals surface area contributed by atoms with Gasteiger partial charge in [-0.15, -0.1) is 0 Å². The third-order valence-electron chi connectivity index (χ3n) is 4.95. The first-order valence-corrected chi connectivity index (χ1v) is 10.6. The molecule has 0 aliphatic carbocycles. The smallest absolute Gasteiger partial charge is 0.239 e. The Labute approximate surface area is 168 Å². The van der Waals surface area contributed by atoms with Crippen molar-refractivity contribution in [1.29, 1.82) is 0 Å². The summed E-state index contributed by atoms with van der Waals surface area (Å²) in [5, 5.41) is 5.20. The van der Waals surface area contributed by atoms with E-state index in [0.717, 1.165) is 16.9 Å². The molecule has 150 valence electrons. The van der Waals surface area contributed by atoms with Crippen LogP contribution in [-0.2, 0) is 14.8 Å². The van der Waals surface area contributed by atoms with Gasteiger partial charge in [0.25, 0.3) is 0 Å². The number of hydrogen-bond donors (Lipinski definition) is 1. The fraction of sp³-hybridized carbons (Fsp3) is 0.263. The summed E-state index contributed by atoms with van der Waals surface area (Å²) >= 11 is 0. The van der Waals surface area contributed by atoms with Crippen molar-refractivity contribution in [2.24, 2.45) is 5.14 Å². The molecule has 2 N–H and O–H groups in total. The number of primary sulfonamides is 1. The summed E-state index contributed by atoms with van der Waals surface area (Å²) in [6, 6.07) is 7.01. The molecule has 1 aliphatic rings. The van der Waals surface area contributed by atoms with Crippen LogP contribution in [0, 0.1) is 0 Å². The van der Waals surface area contributed by atoms with Gasteiger partial charge in [-0.1, -0.05) is 6.07 Å². The van der Waals surface area contributed by atoms with Crippen LogP contribution in [0.5, 0.6) is 0 Å². The fourth-order valence-corrected chi connectivity index (χ4v) is 3.82. The van der Waals surface area contributed by atoms with Gasteiger partial charge >= 0.3 is 0 Å². The van der Waals surface area contributed by atoms with E-state index in [-0.39, 0.29) is 10.8 Å². The maximum Gasteiger partial charge on any atom is 0.239 e. The van der Waals surface area contributed by atoms with Gasteiger partial charge in [0.2, 0.25) is 15.9 Å². The molecule has 9 nitrogen and oxygen atoms in total. The first kappa shape index (κ1) is 19.2. The summed E-state index contributed by atoms with van der Waals surface area (Å²) in [4.78, 5) is 28.6. The van der Waals surface area contributed by atoms with Crippen molar-refractivity contribution in [1.82, 2.24) is 19.9 Å². The molecule has 1 aliphatic heterocycles. The molecule has 0 bridgehead atoms. The highest BCUT2D eigenvalue weighted by Crippen LogP contribution is 2.25. The van der Waals surface area contributed by atoms with Crippen LogP contribution in [0.15, 0.2) is 47.8 Å². The van der Waals surface area contributed by atoms with Gasteiger partial charge in [-0.3, -0.25) is 14.8 Å². The lowest BCUT2D eigenvalue weighted by Gasteiger charge is -2.34. The number of amides is 1. The number of pyridine rings is 1. The number of piperazine rings is 1. The second-order valence-corrected chi connectivity index (χ2v) is 8.44. The van der Waals surface area contributed by atoms with Crippen molar-refractivity contribution < 1.29 is 13.2 Å². The number of nitrogens with zero attached hydrogens (tertiary/aromatic N) is 5. The molecule has 0 atom stereocenters. The quantitative estimate of drug-likeness (QED) is 0.681. The maximum absolute atomic E-state index is 11.6. The van der Waals surface area contributed by atoms with Crippen molar-refractivity contribution in [2.45, 2.75) is 11.8 Å². The summed E-state index contributed by atoms with van der Waals surface area (Å²) < 4.78 is 23.2. The van der Waals surface area contributed by atoms with Gasteiger partial charge in [0.05, 0.1) is 17.2 Å². The average Bonchev–Trinajstić information content (AvgIpc) is 2.72.